The second kappa shape index (κ2) is 12.6. The Hall–Kier alpha value is -3.84. The molecule has 38 heavy (non-hydrogen) atoms. The lowest BCUT2D eigenvalue weighted by Crippen LogP contribution is -2.49. The molecule has 1 unspecified atom stereocenters. The van der Waals surface area contributed by atoms with Crippen molar-refractivity contribution in [3.8, 4) is 11.5 Å². The van der Waals surface area contributed by atoms with E-state index in [1.165, 1.54) is 19.1 Å². The van der Waals surface area contributed by atoms with Crippen molar-refractivity contribution in [2.75, 3.05) is 19.1 Å². The number of ketones is 1. The molecule has 0 aliphatic heterocycles. The van der Waals surface area contributed by atoms with Crippen molar-refractivity contribution in [2.45, 2.75) is 44.2 Å². The molecule has 0 spiro atoms. The van der Waals surface area contributed by atoms with Crippen LogP contribution in [0.15, 0.2) is 72.8 Å². The van der Waals surface area contributed by atoms with Gasteiger partial charge < -0.3 is 14.8 Å². The standard InChI is InChI=1S/C30H31ClN2O5/c1-37-25-15-9-14-24(28(25)38-2)26(29(35)32-22-12-7-4-8-13-22)33(23-18-16-21(31)17-19-23)30(36)27(34)20-10-5-3-6-11-20/h3,5-6,9-11,14-19,22,26H,4,7-8,12-13H2,1-2H3,(H,32,35). The van der Waals surface area contributed by atoms with Crippen LogP contribution in [-0.2, 0) is 9.59 Å². The predicted octanol–water partition coefficient (Wildman–Crippen LogP) is 5.76. The first-order valence-electron chi connectivity index (χ1n) is 12.6. The van der Waals surface area contributed by atoms with Gasteiger partial charge in [-0.15, -0.1) is 0 Å². The number of nitrogens with one attached hydrogen (secondary N) is 1. The number of carbonyl (C=O) groups is 3. The van der Waals surface area contributed by atoms with Gasteiger partial charge in [0.2, 0.25) is 5.91 Å². The Morgan fingerprint density at radius 2 is 1.55 bits per heavy atom. The smallest absolute Gasteiger partial charge is 0.300 e. The number of methoxy groups -OCH3 is 2. The average Bonchev–Trinajstić information content (AvgIpc) is 2.96. The number of benzene rings is 3. The van der Waals surface area contributed by atoms with Crippen LogP contribution in [0.25, 0.3) is 0 Å². The van der Waals surface area contributed by atoms with Gasteiger partial charge in [0.25, 0.3) is 11.7 Å². The fourth-order valence-corrected chi connectivity index (χ4v) is 4.99. The van der Waals surface area contributed by atoms with Crippen molar-refractivity contribution in [2.24, 2.45) is 0 Å². The van der Waals surface area contributed by atoms with Gasteiger partial charge in [-0.3, -0.25) is 19.3 Å². The van der Waals surface area contributed by atoms with Crippen LogP contribution in [0.4, 0.5) is 5.69 Å². The maximum Gasteiger partial charge on any atom is 0.300 e. The molecule has 1 aliphatic carbocycles. The minimum atomic E-state index is -1.22. The lowest BCUT2D eigenvalue weighted by molar-refractivity contribution is -0.126. The molecule has 7 nitrogen and oxygen atoms in total. The zero-order valence-corrected chi connectivity index (χ0v) is 22.2. The molecular weight excluding hydrogens is 504 g/mol. The Morgan fingerprint density at radius 3 is 2.18 bits per heavy atom. The maximum atomic E-state index is 14.1. The maximum absolute atomic E-state index is 14.1. The summed E-state index contributed by atoms with van der Waals surface area (Å²) in [6.07, 6.45) is 4.87. The molecule has 3 aromatic rings. The van der Waals surface area contributed by atoms with E-state index in [-0.39, 0.29) is 11.6 Å². The van der Waals surface area contributed by atoms with Gasteiger partial charge >= 0.3 is 0 Å². The highest BCUT2D eigenvalue weighted by molar-refractivity contribution is 6.47. The van der Waals surface area contributed by atoms with Gasteiger partial charge in [-0.25, -0.2) is 0 Å². The number of hydrogen-bond donors (Lipinski definition) is 1. The summed E-state index contributed by atoms with van der Waals surface area (Å²) in [4.78, 5) is 42.7. The lowest BCUT2D eigenvalue weighted by Gasteiger charge is -2.34. The Balaban J connectivity index is 1.87. The summed E-state index contributed by atoms with van der Waals surface area (Å²) in [5.41, 5.74) is 0.960. The van der Waals surface area contributed by atoms with Crippen LogP contribution in [0.1, 0.15) is 54.1 Å². The molecule has 1 saturated carbocycles. The topological polar surface area (TPSA) is 84.9 Å². The number of hydrogen-bond acceptors (Lipinski definition) is 5. The van der Waals surface area contributed by atoms with E-state index in [2.05, 4.69) is 5.32 Å². The van der Waals surface area contributed by atoms with Crippen LogP contribution in [0, 0.1) is 0 Å². The van der Waals surface area contributed by atoms with E-state index in [9.17, 15) is 14.4 Å². The highest BCUT2D eigenvalue weighted by Gasteiger charge is 2.39. The molecule has 0 radical (unpaired) electrons. The number of halogens is 1. The zero-order chi connectivity index (χ0) is 27.1. The fourth-order valence-electron chi connectivity index (χ4n) is 4.86. The molecular formula is C30H31ClN2O5. The summed E-state index contributed by atoms with van der Waals surface area (Å²) in [7, 11) is 2.97. The molecule has 198 valence electrons. The molecule has 1 aliphatic rings. The summed E-state index contributed by atoms with van der Waals surface area (Å²) < 4.78 is 11.2. The number of nitrogens with zero attached hydrogens (tertiary/aromatic N) is 1. The van der Waals surface area contributed by atoms with E-state index < -0.39 is 23.6 Å². The summed E-state index contributed by atoms with van der Waals surface area (Å²) in [6.45, 7) is 0. The molecule has 4 rings (SSSR count). The summed E-state index contributed by atoms with van der Waals surface area (Å²) in [5, 5.41) is 3.59. The van der Waals surface area contributed by atoms with Gasteiger partial charge in [-0.1, -0.05) is 73.3 Å². The number of ether oxygens (including phenoxy) is 2. The molecule has 0 bridgehead atoms. The van der Waals surface area contributed by atoms with E-state index in [4.69, 9.17) is 21.1 Å². The highest BCUT2D eigenvalue weighted by atomic mass is 35.5. The van der Waals surface area contributed by atoms with Crippen LogP contribution in [0.2, 0.25) is 5.02 Å². The molecule has 3 aromatic carbocycles. The van der Waals surface area contributed by atoms with Gasteiger partial charge in [0.15, 0.2) is 11.5 Å². The van der Waals surface area contributed by atoms with E-state index in [1.807, 2.05) is 0 Å². The first-order valence-corrected chi connectivity index (χ1v) is 13.0. The number of anilines is 1. The summed E-state index contributed by atoms with van der Waals surface area (Å²) in [5.74, 6) is -1.30. The van der Waals surface area contributed by atoms with Gasteiger partial charge in [0.05, 0.1) is 14.2 Å². The Morgan fingerprint density at radius 1 is 0.868 bits per heavy atom. The average molecular weight is 535 g/mol. The number of Topliss-reactive ketones (excluding diaryl/α,β-unsaturated/α-hetero) is 1. The number of carbonyl (C=O) groups excluding carboxylic acids is 3. The van der Waals surface area contributed by atoms with Crippen molar-refractivity contribution in [3.05, 3.63) is 88.9 Å². The third kappa shape index (κ3) is 6.00. The molecule has 0 heterocycles. The van der Waals surface area contributed by atoms with E-state index in [0.717, 1.165) is 32.1 Å². The van der Waals surface area contributed by atoms with Gasteiger partial charge in [-0.2, -0.15) is 0 Å². The summed E-state index contributed by atoms with van der Waals surface area (Å²) >= 11 is 6.14. The summed E-state index contributed by atoms with van der Waals surface area (Å²) in [6, 6.07) is 18.6. The quantitative estimate of drug-likeness (QED) is 0.278. The Bertz CT molecular complexity index is 1270. The van der Waals surface area contributed by atoms with Crippen LogP contribution in [-0.4, -0.2) is 37.9 Å². The largest absolute Gasteiger partial charge is 0.493 e. The zero-order valence-electron chi connectivity index (χ0n) is 21.5. The second-order valence-electron chi connectivity index (χ2n) is 9.18. The van der Waals surface area contributed by atoms with Crippen molar-refractivity contribution < 1.29 is 23.9 Å². The monoisotopic (exact) mass is 534 g/mol. The van der Waals surface area contributed by atoms with Crippen LogP contribution in [0.5, 0.6) is 11.5 Å². The number of amides is 2. The number of rotatable bonds is 9. The minimum Gasteiger partial charge on any atom is -0.493 e. The van der Waals surface area contributed by atoms with Gasteiger partial charge in [0.1, 0.15) is 6.04 Å². The molecule has 2 amide bonds. The van der Waals surface area contributed by atoms with Crippen LogP contribution in [0.3, 0.4) is 0 Å². The molecule has 8 heteroatoms. The number of para-hydroxylation sites is 1. The van der Waals surface area contributed by atoms with Crippen molar-refractivity contribution in [1.82, 2.24) is 5.32 Å². The van der Waals surface area contributed by atoms with Crippen molar-refractivity contribution in [3.63, 3.8) is 0 Å². The third-order valence-electron chi connectivity index (χ3n) is 6.74. The predicted molar refractivity (Wildman–Crippen MR) is 147 cm³/mol. The Labute approximate surface area is 227 Å². The van der Waals surface area contributed by atoms with E-state index >= 15 is 0 Å². The fraction of sp³-hybridized carbons (Fsp3) is 0.300. The first kappa shape index (κ1) is 27.2. The molecule has 0 saturated heterocycles. The van der Waals surface area contributed by atoms with Crippen LogP contribution >= 0.6 is 11.6 Å². The molecule has 1 fully saturated rings. The van der Waals surface area contributed by atoms with Gasteiger partial charge in [-0.05, 0) is 43.2 Å². The first-order chi connectivity index (χ1) is 18.4. The highest BCUT2D eigenvalue weighted by Crippen LogP contribution is 2.39. The van der Waals surface area contributed by atoms with E-state index in [1.54, 1.807) is 72.8 Å². The third-order valence-corrected chi connectivity index (χ3v) is 6.99. The van der Waals surface area contributed by atoms with Crippen molar-refractivity contribution >= 4 is 34.9 Å². The molecule has 1 N–H and O–H groups in total. The van der Waals surface area contributed by atoms with E-state index in [0.29, 0.717) is 27.8 Å². The van der Waals surface area contributed by atoms with Crippen LogP contribution < -0.4 is 19.7 Å². The SMILES string of the molecule is COc1cccc(C(C(=O)NC2CCCCC2)N(C(=O)C(=O)c2ccccc2)c2ccc(Cl)cc2)c1OC. The van der Waals surface area contributed by atoms with Gasteiger partial charge in [0, 0.05) is 27.9 Å². The van der Waals surface area contributed by atoms with Crippen molar-refractivity contribution in [1.29, 1.82) is 0 Å². The Kier molecular flexibility index (Phi) is 9.02. The lowest BCUT2D eigenvalue weighted by atomic mass is 9.94. The second-order valence-corrected chi connectivity index (χ2v) is 9.61. The normalized spacial score (nSPS) is 14.3. The molecule has 0 aromatic heterocycles. The molecule has 1 atom stereocenters. The minimum absolute atomic E-state index is 0.0256.